The minimum atomic E-state index is -1.03. The van der Waals surface area contributed by atoms with E-state index in [4.69, 9.17) is 20.3 Å². The van der Waals surface area contributed by atoms with Crippen molar-refractivity contribution in [2.75, 3.05) is 18.9 Å². The number of nitrogens with zero attached hydrogens (tertiary/aromatic N) is 7. The molecule has 0 amide bonds. The lowest BCUT2D eigenvalue weighted by Gasteiger charge is -2.22. The quantitative estimate of drug-likeness (QED) is 0.311. The van der Waals surface area contributed by atoms with Crippen molar-refractivity contribution in [3.8, 4) is 0 Å². The molecule has 1 saturated heterocycles. The summed E-state index contributed by atoms with van der Waals surface area (Å²) in [5.41, 5.74) is 7.19. The van der Waals surface area contributed by atoms with Gasteiger partial charge in [-0.3, -0.25) is 9.25 Å². The second-order valence-corrected chi connectivity index (χ2v) is 6.64. The Kier molecular flexibility index (Phi) is 5.64. The largest absolute Gasteiger partial charge is 0.394 e. The molecule has 0 unspecified atom stereocenters. The van der Waals surface area contributed by atoms with Crippen molar-refractivity contribution < 1.29 is 24.8 Å². The molecule has 4 rings (SSSR count). The van der Waals surface area contributed by atoms with Crippen LogP contribution in [0.5, 0.6) is 0 Å². The van der Waals surface area contributed by atoms with Crippen molar-refractivity contribution in [3.05, 3.63) is 24.5 Å². The van der Waals surface area contributed by atoms with Gasteiger partial charge in [0.15, 0.2) is 17.7 Å². The molecular formula is C16H22N8O5. The van der Waals surface area contributed by atoms with Gasteiger partial charge in [-0.25, -0.2) is 15.0 Å². The Hall–Kier alpha value is -2.71. The van der Waals surface area contributed by atoms with Crippen LogP contribution in [-0.4, -0.2) is 81.4 Å². The van der Waals surface area contributed by atoms with Crippen LogP contribution in [0.3, 0.4) is 0 Å². The van der Waals surface area contributed by atoms with Crippen LogP contribution in [0, 0.1) is 0 Å². The molecule has 4 heterocycles. The average Bonchev–Trinajstić information content (AvgIpc) is 3.43. The third kappa shape index (κ3) is 3.77. The maximum absolute atomic E-state index is 10.5. The summed E-state index contributed by atoms with van der Waals surface area (Å²) in [6.07, 6.45) is 1.73. The van der Waals surface area contributed by atoms with Gasteiger partial charge in [-0.15, -0.1) is 5.10 Å². The summed E-state index contributed by atoms with van der Waals surface area (Å²) in [4.78, 5) is 12.3. The highest BCUT2D eigenvalue weighted by Gasteiger charge is 2.45. The van der Waals surface area contributed by atoms with Crippen molar-refractivity contribution in [2.45, 2.75) is 44.1 Å². The van der Waals surface area contributed by atoms with Gasteiger partial charge in [0.05, 0.1) is 25.7 Å². The maximum Gasteiger partial charge on any atom is 0.167 e. The molecule has 0 aliphatic carbocycles. The van der Waals surface area contributed by atoms with E-state index in [0.717, 1.165) is 0 Å². The molecule has 3 aromatic heterocycles. The lowest BCUT2D eigenvalue weighted by atomic mass is 10.1. The van der Waals surface area contributed by atoms with Crippen LogP contribution >= 0.6 is 0 Å². The molecule has 5 N–H and O–H groups in total. The van der Waals surface area contributed by atoms with E-state index in [2.05, 4.69) is 25.3 Å². The zero-order valence-corrected chi connectivity index (χ0v) is 15.4. The summed E-state index contributed by atoms with van der Waals surface area (Å²) in [5.74, 6) is 0.235. The van der Waals surface area contributed by atoms with E-state index < -0.39 is 24.5 Å². The number of nitrogen functional groups attached to an aromatic ring is 1. The predicted octanol–water partition coefficient (Wildman–Crippen LogP) is -1.78. The standard InChI is InChI=1S/C16H22N8O5/c17-14-11-15(19-7-18-14)24(8-20-11)16-13(12(27)10(6-26)29-16)28-3-1-2-23-4-9(5-25)21-22-23/h4,7-8,10,12-13,16,25-27H,1-3,5-6H2,(H2,17,18,19)/t10-,12-,13-,16-/m1/s1. The zero-order valence-electron chi connectivity index (χ0n) is 15.4. The van der Waals surface area contributed by atoms with Gasteiger partial charge in [-0.2, -0.15) is 0 Å². The van der Waals surface area contributed by atoms with Gasteiger partial charge in [-0.05, 0) is 6.42 Å². The molecule has 0 radical (unpaired) electrons. The molecule has 0 saturated carbocycles. The molecule has 0 spiro atoms. The smallest absolute Gasteiger partial charge is 0.167 e. The molecule has 1 aliphatic heterocycles. The average molecular weight is 406 g/mol. The number of ether oxygens (including phenoxy) is 2. The highest BCUT2D eigenvalue weighted by atomic mass is 16.6. The normalized spacial score (nSPS) is 24.5. The van der Waals surface area contributed by atoms with Gasteiger partial charge in [-0.1, -0.05) is 5.21 Å². The summed E-state index contributed by atoms with van der Waals surface area (Å²) in [6, 6.07) is 0. The van der Waals surface area contributed by atoms with Gasteiger partial charge >= 0.3 is 0 Å². The number of aromatic nitrogens is 7. The Morgan fingerprint density at radius 3 is 2.86 bits per heavy atom. The first-order valence-corrected chi connectivity index (χ1v) is 9.11. The number of hydrogen-bond acceptors (Lipinski definition) is 11. The van der Waals surface area contributed by atoms with Crippen LogP contribution in [0.15, 0.2) is 18.9 Å². The summed E-state index contributed by atoms with van der Waals surface area (Å²) in [6.45, 7) is 0.309. The molecule has 1 aliphatic rings. The molecule has 13 heteroatoms. The summed E-state index contributed by atoms with van der Waals surface area (Å²) in [5, 5.41) is 36.8. The number of fused-ring (bicyclic) bond motifs is 1. The number of rotatable bonds is 8. The number of hydrogen-bond donors (Lipinski definition) is 4. The predicted molar refractivity (Wildman–Crippen MR) is 97.0 cm³/mol. The molecule has 4 atom stereocenters. The lowest BCUT2D eigenvalue weighted by molar-refractivity contribution is -0.0713. The molecule has 0 aromatic carbocycles. The summed E-state index contributed by atoms with van der Waals surface area (Å²) < 4.78 is 14.9. The second kappa shape index (κ2) is 8.34. The van der Waals surface area contributed by atoms with E-state index in [1.807, 2.05) is 0 Å². The van der Waals surface area contributed by atoms with Crippen molar-refractivity contribution in [2.24, 2.45) is 0 Å². The van der Waals surface area contributed by atoms with E-state index in [1.54, 1.807) is 15.4 Å². The fourth-order valence-corrected chi connectivity index (χ4v) is 3.30. The maximum atomic E-state index is 10.5. The van der Waals surface area contributed by atoms with Crippen molar-refractivity contribution in [1.82, 2.24) is 34.5 Å². The molecule has 1 fully saturated rings. The Morgan fingerprint density at radius 2 is 2.10 bits per heavy atom. The number of aliphatic hydroxyl groups excluding tert-OH is 3. The molecule has 29 heavy (non-hydrogen) atoms. The van der Waals surface area contributed by atoms with Crippen molar-refractivity contribution in [1.29, 1.82) is 0 Å². The van der Waals surface area contributed by atoms with Gasteiger partial charge < -0.3 is 30.5 Å². The minimum absolute atomic E-state index is 0.167. The number of aryl methyl sites for hydroxylation is 1. The van der Waals surface area contributed by atoms with Crippen molar-refractivity contribution >= 4 is 17.0 Å². The van der Waals surface area contributed by atoms with Gasteiger partial charge in [0, 0.05) is 13.2 Å². The summed E-state index contributed by atoms with van der Waals surface area (Å²) in [7, 11) is 0. The van der Waals surface area contributed by atoms with E-state index in [1.165, 1.54) is 12.7 Å². The monoisotopic (exact) mass is 406 g/mol. The Morgan fingerprint density at radius 1 is 1.24 bits per heavy atom. The van der Waals surface area contributed by atoms with Crippen LogP contribution in [0.2, 0.25) is 0 Å². The molecule has 13 nitrogen and oxygen atoms in total. The van der Waals surface area contributed by atoms with Gasteiger partial charge in [0.1, 0.15) is 35.8 Å². The van der Waals surface area contributed by atoms with E-state index in [9.17, 15) is 10.2 Å². The van der Waals surface area contributed by atoms with Gasteiger partial charge in [0.25, 0.3) is 0 Å². The third-order valence-corrected chi connectivity index (χ3v) is 4.74. The van der Waals surface area contributed by atoms with E-state index in [0.29, 0.717) is 36.4 Å². The van der Waals surface area contributed by atoms with Gasteiger partial charge in [0.2, 0.25) is 0 Å². The topological polar surface area (TPSA) is 179 Å². The van der Waals surface area contributed by atoms with Crippen molar-refractivity contribution in [3.63, 3.8) is 0 Å². The van der Waals surface area contributed by atoms with Crippen LogP contribution in [0.1, 0.15) is 18.3 Å². The molecular weight excluding hydrogens is 384 g/mol. The number of imidazole rings is 1. The van der Waals surface area contributed by atoms with Crippen LogP contribution in [0.4, 0.5) is 5.82 Å². The van der Waals surface area contributed by atoms with E-state index in [-0.39, 0.29) is 19.0 Å². The number of anilines is 1. The third-order valence-electron chi connectivity index (χ3n) is 4.74. The second-order valence-electron chi connectivity index (χ2n) is 6.64. The highest BCUT2D eigenvalue weighted by molar-refractivity contribution is 5.81. The van der Waals surface area contributed by atoms with Crippen LogP contribution in [0.25, 0.3) is 11.2 Å². The first kappa shape index (κ1) is 19.6. The Labute approximate surface area is 164 Å². The lowest BCUT2D eigenvalue weighted by Crippen LogP contribution is -2.35. The number of aliphatic hydroxyl groups is 3. The number of nitrogens with two attached hydrogens (primary N) is 1. The minimum Gasteiger partial charge on any atom is -0.394 e. The van der Waals surface area contributed by atoms with Crippen LogP contribution in [-0.2, 0) is 22.6 Å². The summed E-state index contributed by atoms with van der Waals surface area (Å²) >= 11 is 0. The molecule has 3 aromatic rings. The zero-order chi connectivity index (χ0) is 20.4. The molecule has 0 bridgehead atoms. The Balaban J connectivity index is 1.46. The Bertz CT molecular complexity index is 962. The van der Waals surface area contributed by atoms with Crippen LogP contribution < -0.4 is 5.73 Å². The molecule has 156 valence electrons. The van der Waals surface area contributed by atoms with E-state index >= 15 is 0 Å². The first-order valence-electron chi connectivity index (χ1n) is 9.11. The SMILES string of the molecule is Nc1ncnc2c1ncn2[C@@H]1O[C@H](CO)[C@@H](O)[C@H]1OCCCn1cc(CO)nn1. The fourth-order valence-electron chi connectivity index (χ4n) is 3.30. The fraction of sp³-hybridized carbons (Fsp3) is 0.562. The first-order chi connectivity index (χ1) is 14.1. The highest BCUT2D eigenvalue weighted by Crippen LogP contribution is 2.33.